The standard InChI is InChI=1S/C8H3Br3/c1-2-5-3-7(10)8(11)4-6(5)9/h1,3-4H. The number of hydrogen-bond donors (Lipinski definition) is 0. The minimum absolute atomic E-state index is 0.847. The second-order valence-corrected chi connectivity index (χ2v) is 4.45. The van der Waals surface area contributed by atoms with Crippen LogP contribution in [0, 0.1) is 12.3 Å². The van der Waals surface area contributed by atoms with Crippen molar-refractivity contribution >= 4 is 47.8 Å². The summed E-state index contributed by atoms with van der Waals surface area (Å²) in [5.74, 6) is 2.57. The number of benzene rings is 1. The van der Waals surface area contributed by atoms with E-state index in [0.29, 0.717) is 0 Å². The van der Waals surface area contributed by atoms with Gasteiger partial charge in [0.2, 0.25) is 0 Å². The predicted octanol–water partition coefficient (Wildman–Crippen LogP) is 3.96. The third kappa shape index (κ3) is 2.08. The lowest BCUT2D eigenvalue weighted by Gasteiger charge is -1.99. The van der Waals surface area contributed by atoms with E-state index >= 15 is 0 Å². The zero-order chi connectivity index (χ0) is 8.43. The Morgan fingerprint density at radius 2 is 1.55 bits per heavy atom. The summed E-state index contributed by atoms with van der Waals surface area (Å²) < 4.78 is 2.88. The van der Waals surface area contributed by atoms with Crippen LogP contribution in [0.4, 0.5) is 0 Å². The van der Waals surface area contributed by atoms with Crippen molar-refractivity contribution in [2.45, 2.75) is 0 Å². The zero-order valence-electron chi connectivity index (χ0n) is 5.37. The van der Waals surface area contributed by atoms with Crippen LogP contribution in [0.15, 0.2) is 25.6 Å². The van der Waals surface area contributed by atoms with Crippen molar-refractivity contribution < 1.29 is 0 Å². The van der Waals surface area contributed by atoms with Crippen molar-refractivity contribution in [3.05, 3.63) is 31.1 Å². The molecule has 0 radical (unpaired) electrons. The molecule has 0 amide bonds. The van der Waals surface area contributed by atoms with Crippen LogP contribution in [-0.4, -0.2) is 0 Å². The minimum atomic E-state index is 0.847. The average Bonchev–Trinajstić information content (AvgIpc) is 1.97. The summed E-state index contributed by atoms with van der Waals surface area (Å²) in [4.78, 5) is 0. The molecule has 0 nitrogen and oxygen atoms in total. The molecule has 11 heavy (non-hydrogen) atoms. The van der Waals surface area contributed by atoms with Crippen molar-refractivity contribution in [3.8, 4) is 12.3 Å². The van der Waals surface area contributed by atoms with Crippen LogP contribution >= 0.6 is 47.8 Å². The highest BCUT2D eigenvalue weighted by Gasteiger charge is 2.01. The molecule has 1 rings (SSSR count). The SMILES string of the molecule is C#Cc1cc(Br)c(Br)cc1Br. The monoisotopic (exact) mass is 336 g/mol. The second-order valence-electron chi connectivity index (χ2n) is 1.89. The lowest BCUT2D eigenvalue weighted by Crippen LogP contribution is -1.78. The summed E-state index contributed by atoms with van der Waals surface area (Å²) in [5.41, 5.74) is 0.847. The van der Waals surface area contributed by atoms with E-state index in [0.717, 1.165) is 19.0 Å². The molecule has 0 aliphatic rings. The maximum Gasteiger partial charge on any atom is 0.0396 e. The van der Waals surface area contributed by atoms with Gasteiger partial charge in [-0.25, -0.2) is 0 Å². The topological polar surface area (TPSA) is 0 Å². The Balaban J connectivity index is 3.35. The predicted molar refractivity (Wildman–Crippen MR) is 57.5 cm³/mol. The van der Waals surface area contributed by atoms with E-state index in [4.69, 9.17) is 6.42 Å². The normalized spacial score (nSPS) is 9.27. The van der Waals surface area contributed by atoms with Gasteiger partial charge < -0.3 is 0 Å². The molecule has 0 unspecified atom stereocenters. The molecule has 0 aromatic heterocycles. The van der Waals surface area contributed by atoms with Crippen LogP contribution < -0.4 is 0 Å². The lowest BCUT2D eigenvalue weighted by atomic mass is 10.2. The summed E-state index contributed by atoms with van der Waals surface area (Å²) in [7, 11) is 0. The first-order valence-electron chi connectivity index (χ1n) is 2.76. The summed E-state index contributed by atoms with van der Waals surface area (Å²) >= 11 is 10.1. The van der Waals surface area contributed by atoms with E-state index in [1.165, 1.54) is 0 Å². The van der Waals surface area contributed by atoms with Gasteiger partial charge in [0.1, 0.15) is 0 Å². The fourth-order valence-electron chi connectivity index (χ4n) is 0.633. The van der Waals surface area contributed by atoms with E-state index in [-0.39, 0.29) is 0 Å². The molecule has 0 atom stereocenters. The number of terminal acetylenes is 1. The van der Waals surface area contributed by atoms with Crippen LogP contribution in [0.3, 0.4) is 0 Å². The Hall–Kier alpha value is 0.220. The molecule has 1 aromatic carbocycles. The number of rotatable bonds is 0. The fraction of sp³-hybridized carbons (Fsp3) is 0. The van der Waals surface area contributed by atoms with Gasteiger partial charge in [-0.15, -0.1) is 6.42 Å². The molecule has 0 aliphatic carbocycles. The van der Waals surface area contributed by atoms with Gasteiger partial charge in [-0.05, 0) is 59.9 Å². The second kappa shape index (κ2) is 3.75. The third-order valence-electron chi connectivity index (χ3n) is 1.17. The first-order valence-corrected chi connectivity index (χ1v) is 5.14. The summed E-state index contributed by atoms with van der Waals surface area (Å²) in [6, 6.07) is 3.80. The van der Waals surface area contributed by atoms with Gasteiger partial charge in [0.05, 0.1) is 0 Å². The largest absolute Gasteiger partial charge is 0.115 e. The number of hydrogen-bond acceptors (Lipinski definition) is 0. The zero-order valence-corrected chi connectivity index (χ0v) is 10.1. The molecule has 0 spiro atoms. The Morgan fingerprint density at radius 3 is 2.09 bits per heavy atom. The van der Waals surface area contributed by atoms with Crippen molar-refractivity contribution in [2.24, 2.45) is 0 Å². The van der Waals surface area contributed by atoms with E-state index < -0.39 is 0 Å². The fourth-order valence-corrected chi connectivity index (χ4v) is 2.08. The Kier molecular flexibility index (Phi) is 3.17. The van der Waals surface area contributed by atoms with Gasteiger partial charge >= 0.3 is 0 Å². The van der Waals surface area contributed by atoms with Gasteiger partial charge in [-0.1, -0.05) is 5.92 Å². The van der Waals surface area contributed by atoms with Gasteiger partial charge in [-0.3, -0.25) is 0 Å². The number of halogens is 3. The summed E-state index contributed by atoms with van der Waals surface area (Å²) in [6.07, 6.45) is 5.25. The molecule has 0 heterocycles. The Morgan fingerprint density at radius 1 is 1.00 bits per heavy atom. The summed E-state index contributed by atoms with van der Waals surface area (Å²) in [5, 5.41) is 0. The quantitative estimate of drug-likeness (QED) is 0.496. The highest BCUT2D eigenvalue weighted by atomic mass is 79.9. The molecular weight excluding hydrogens is 336 g/mol. The van der Waals surface area contributed by atoms with E-state index in [9.17, 15) is 0 Å². The van der Waals surface area contributed by atoms with Gasteiger partial charge in [0, 0.05) is 19.0 Å². The minimum Gasteiger partial charge on any atom is -0.115 e. The Bertz CT molecular complexity index is 323. The maximum absolute atomic E-state index is 5.25. The highest BCUT2D eigenvalue weighted by Crippen LogP contribution is 2.29. The molecular formula is C8H3Br3. The van der Waals surface area contributed by atoms with E-state index in [1.54, 1.807) is 0 Å². The van der Waals surface area contributed by atoms with Gasteiger partial charge in [0.15, 0.2) is 0 Å². The molecule has 0 fully saturated rings. The van der Waals surface area contributed by atoms with Crippen LogP contribution in [0.1, 0.15) is 5.56 Å². The van der Waals surface area contributed by atoms with Crippen LogP contribution in [0.2, 0.25) is 0 Å². The average molecular weight is 339 g/mol. The van der Waals surface area contributed by atoms with Gasteiger partial charge in [-0.2, -0.15) is 0 Å². The van der Waals surface area contributed by atoms with E-state index in [1.807, 2.05) is 12.1 Å². The lowest BCUT2D eigenvalue weighted by molar-refractivity contribution is 1.51. The molecule has 0 saturated carbocycles. The molecule has 56 valence electrons. The van der Waals surface area contributed by atoms with Gasteiger partial charge in [0.25, 0.3) is 0 Å². The van der Waals surface area contributed by atoms with E-state index in [2.05, 4.69) is 53.7 Å². The molecule has 0 aliphatic heterocycles. The third-order valence-corrected chi connectivity index (χ3v) is 3.67. The van der Waals surface area contributed by atoms with Crippen LogP contribution in [-0.2, 0) is 0 Å². The molecule has 0 N–H and O–H groups in total. The summed E-state index contributed by atoms with van der Waals surface area (Å²) in [6.45, 7) is 0. The van der Waals surface area contributed by atoms with Crippen molar-refractivity contribution in [1.29, 1.82) is 0 Å². The van der Waals surface area contributed by atoms with Crippen molar-refractivity contribution in [1.82, 2.24) is 0 Å². The highest BCUT2D eigenvalue weighted by molar-refractivity contribution is 9.13. The van der Waals surface area contributed by atoms with Crippen LogP contribution in [0.5, 0.6) is 0 Å². The smallest absolute Gasteiger partial charge is 0.0396 e. The molecule has 3 heteroatoms. The van der Waals surface area contributed by atoms with Crippen LogP contribution in [0.25, 0.3) is 0 Å². The Labute approximate surface area is 90.8 Å². The molecule has 0 bridgehead atoms. The van der Waals surface area contributed by atoms with Crippen molar-refractivity contribution in [3.63, 3.8) is 0 Å². The molecule has 1 aromatic rings. The molecule has 0 saturated heterocycles. The first-order chi connectivity index (χ1) is 5.15. The first kappa shape index (κ1) is 9.31. The maximum atomic E-state index is 5.25. The van der Waals surface area contributed by atoms with Crippen molar-refractivity contribution in [2.75, 3.05) is 0 Å².